The van der Waals surface area contributed by atoms with Crippen LogP contribution < -0.4 is 0 Å². The Kier molecular flexibility index (Phi) is 5.36. The smallest absolute Gasteiger partial charge is 0.126 e. The third kappa shape index (κ3) is 4.42. The molecule has 0 fully saturated rings. The van der Waals surface area contributed by atoms with E-state index in [1.165, 1.54) is 0 Å². The van der Waals surface area contributed by atoms with Crippen molar-refractivity contribution in [1.82, 2.24) is 0 Å². The van der Waals surface area contributed by atoms with Crippen LogP contribution in [0.2, 0.25) is 5.16 Å². The van der Waals surface area contributed by atoms with Gasteiger partial charge in [-0.1, -0.05) is 5.57 Å². The van der Waals surface area contributed by atoms with Gasteiger partial charge in [0.15, 0.2) is 0 Å². The second-order valence-corrected chi connectivity index (χ2v) is 20.5. The van der Waals surface area contributed by atoms with Crippen LogP contribution in [0.4, 0.5) is 0 Å². The number of halogens is 6. The molecule has 0 aliphatic rings. The summed E-state index contributed by atoms with van der Waals surface area (Å²) < 4.78 is 0. The molecule has 0 radical (unpaired) electrons. The first-order valence-corrected chi connectivity index (χ1v) is 13.1. The molecular formula is C4H6Cl6Si2. The van der Waals surface area contributed by atoms with Gasteiger partial charge in [0.05, 0.1) is 5.16 Å². The zero-order valence-corrected chi connectivity index (χ0v) is 12.6. The standard InChI is InChI=1S/C4H6Cl6Si2/c1-3(2)4(11(5,6)7)12(8,9)10/h4H,1H2,2H3. The van der Waals surface area contributed by atoms with Crippen LogP contribution >= 0.6 is 66.5 Å². The molecule has 8 heteroatoms. The molecule has 0 nitrogen and oxygen atoms in total. The van der Waals surface area contributed by atoms with Crippen LogP contribution in [-0.2, 0) is 0 Å². The number of hydrogen-bond acceptors (Lipinski definition) is 0. The van der Waals surface area contributed by atoms with Crippen LogP contribution in [0, 0.1) is 0 Å². The molecule has 0 aromatic rings. The first-order chi connectivity index (χ1) is 5.07. The van der Waals surface area contributed by atoms with Crippen molar-refractivity contribution in [2.24, 2.45) is 0 Å². The van der Waals surface area contributed by atoms with E-state index in [0.29, 0.717) is 5.57 Å². The Morgan fingerprint density at radius 2 is 1.25 bits per heavy atom. The Balaban J connectivity index is 4.82. The quantitative estimate of drug-likeness (QED) is 0.398. The highest BCUT2D eigenvalue weighted by Gasteiger charge is 2.51. The maximum Gasteiger partial charge on any atom is 0.349 e. The Bertz CT molecular complexity index is 165. The van der Waals surface area contributed by atoms with Crippen LogP contribution in [0.1, 0.15) is 6.92 Å². The summed E-state index contributed by atoms with van der Waals surface area (Å²) in [7, 11) is 0. The molecule has 0 heterocycles. The van der Waals surface area contributed by atoms with E-state index < -0.39 is 17.2 Å². The Morgan fingerprint density at radius 3 is 1.25 bits per heavy atom. The molecule has 0 amide bonds. The topological polar surface area (TPSA) is 0 Å². The van der Waals surface area contributed by atoms with Gasteiger partial charge in [-0.05, 0) is 6.92 Å². The van der Waals surface area contributed by atoms with Crippen molar-refractivity contribution >= 4 is 78.5 Å². The van der Waals surface area contributed by atoms with Gasteiger partial charge in [-0.15, -0.1) is 73.1 Å². The summed E-state index contributed by atoms with van der Waals surface area (Å²) in [5.74, 6) is 0. The molecule has 0 bridgehead atoms. The Labute approximate surface area is 102 Å². The summed E-state index contributed by atoms with van der Waals surface area (Å²) in [6, 6.07) is -6.00. The molecule has 0 rings (SSSR count). The minimum absolute atomic E-state index is 0.542. The molecule has 0 aliphatic heterocycles. The van der Waals surface area contributed by atoms with Gasteiger partial charge in [0, 0.05) is 0 Å². The Morgan fingerprint density at radius 1 is 1.00 bits per heavy atom. The molecule has 0 aromatic heterocycles. The summed E-state index contributed by atoms with van der Waals surface area (Å²) in [6.07, 6.45) is 0. The van der Waals surface area contributed by atoms with Gasteiger partial charge in [0.2, 0.25) is 0 Å². The number of rotatable bonds is 3. The zero-order chi connectivity index (χ0) is 10.2. The van der Waals surface area contributed by atoms with Crippen molar-refractivity contribution in [3.05, 3.63) is 12.2 Å². The van der Waals surface area contributed by atoms with E-state index in [4.69, 9.17) is 66.5 Å². The van der Waals surface area contributed by atoms with E-state index in [1.807, 2.05) is 0 Å². The molecule has 0 aromatic carbocycles. The van der Waals surface area contributed by atoms with Crippen molar-refractivity contribution in [1.29, 1.82) is 0 Å². The molecular weight excluding hydrogens is 317 g/mol. The van der Waals surface area contributed by atoms with Crippen molar-refractivity contribution in [2.75, 3.05) is 0 Å². The van der Waals surface area contributed by atoms with Gasteiger partial charge < -0.3 is 0 Å². The van der Waals surface area contributed by atoms with Gasteiger partial charge in [-0.3, -0.25) is 0 Å². The van der Waals surface area contributed by atoms with Crippen molar-refractivity contribution in [2.45, 2.75) is 12.1 Å². The van der Waals surface area contributed by atoms with Gasteiger partial charge in [0.25, 0.3) is 0 Å². The van der Waals surface area contributed by atoms with E-state index in [9.17, 15) is 0 Å². The largest absolute Gasteiger partial charge is 0.349 e. The summed E-state index contributed by atoms with van der Waals surface area (Å²) in [5.41, 5.74) is 0.633. The highest BCUT2D eigenvalue weighted by Crippen LogP contribution is 2.49. The number of hydrogen-bond donors (Lipinski definition) is 0. The second kappa shape index (κ2) is 4.62. The minimum Gasteiger partial charge on any atom is -0.126 e. The normalized spacial score (nSPS) is 13.7. The first-order valence-electron chi connectivity index (χ1n) is 2.85. The molecule has 0 spiro atoms. The van der Waals surface area contributed by atoms with E-state index >= 15 is 0 Å². The predicted octanol–water partition coefficient (Wildman–Crippen LogP) is 4.78. The fourth-order valence-electron chi connectivity index (χ4n) is 0.744. The van der Waals surface area contributed by atoms with Crippen LogP contribution in [0.3, 0.4) is 0 Å². The molecule has 0 unspecified atom stereocenters. The maximum atomic E-state index is 5.77. The lowest BCUT2D eigenvalue weighted by Crippen LogP contribution is -2.35. The average Bonchev–Trinajstić information content (AvgIpc) is 1.49. The van der Waals surface area contributed by atoms with Crippen molar-refractivity contribution in [3.63, 3.8) is 0 Å². The maximum absolute atomic E-state index is 5.77. The summed E-state index contributed by atoms with van der Waals surface area (Å²) in [4.78, 5) is 0. The third-order valence-corrected chi connectivity index (χ3v) is 13.3. The van der Waals surface area contributed by atoms with E-state index in [0.717, 1.165) is 0 Å². The van der Waals surface area contributed by atoms with Gasteiger partial charge in [-0.2, -0.15) is 0 Å². The lowest BCUT2D eigenvalue weighted by atomic mass is 10.4. The number of allylic oxidation sites excluding steroid dienone is 1. The Hall–Kier alpha value is 1.91. The first kappa shape index (κ1) is 13.9. The zero-order valence-electron chi connectivity index (χ0n) is 6.05. The second-order valence-electron chi connectivity index (χ2n) is 2.36. The highest BCUT2D eigenvalue weighted by atomic mass is 35.8. The summed E-state index contributed by atoms with van der Waals surface area (Å²) >= 11 is 34.6. The lowest BCUT2D eigenvalue weighted by molar-refractivity contribution is 1.30. The summed E-state index contributed by atoms with van der Waals surface area (Å²) in [5, 5.41) is -0.542. The van der Waals surface area contributed by atoms with Gasteiger partial charge in [-0.25, -0.2) is 0 Å². The predicted molar refractivity (Wildman–Crippen MR) is 65.2 cm³/mol. The lowest BCUT2D eigenvalue weighted by Gasteiger charge is -2.26. The molecule has 0 saturated carbocycles. The molecule has 0 N–H and O–H groups in total. The van der Waals surface area contributed by atoms with E-state index in [2.05, 4.69) is 6.58 Å². The molecule has 0 saturated heterocycles. The fraction of sp³-hybridized carbons (Fsp3) is 0.500. The monoisotopic (exact) mass is 320 g/mol. The van der Waals surface area contributed by atoms with E-state index in [1.54, 1.807) is 6.92 Å². The van der Waals surface area contributed by atoms with Crippen LogP contribution in [0.15, 0.2) is 12.2 Å². The summed E-state index contributed by atoms with van der Waals surface area (Å²) in [6.45, 7) is 5.35. The van der Waals surface area contributed by atoms with E-state index in [-0.39, 0.29) is 0 Å². The molecule has 0 atom stereocenters. The van der Waals surface area contributed by atoms with Crippen LogP contribution in [0.25, 0.3) is 0 Å². The highest BCUT2D eigenvalue weighted by molar-refractivity contribution is 7.76. The SMILES string of the molecule is C=C(C)C([Si](Cl)(Cl)Cl)[Si](Cl)(Cl)Cl. The van der Waals surface area contributed by atoms with Gasteiger partial charge in [0.1, 0.15) is 0 Å². The van der Waals surface area contributed by atoms with Crippen molar-refractivity contribution in [3.8, 4) is 0 Å². The third-order valence-electron chi connectivity index (χ3n) is 1.15. The average molecular weight is 323 g/mol. The minimum atomic E-state index is -3.00. The van der Waals surface area contributed by atoms with Crippen molar-refractivity contribution < 1.29 is 0 Å². The molecule has 12 heavy (non-hydrogen) atoms. The fourth-order valence-corrected chi connectivity index (χ4v) is 20.1. The molecule has 0 aliphatic carbocycles. The van der Waals surface area contributed by atoms with Crippen LogP contribution in [0.5, 0.6) is 0 Å². The van der Waals surface area contributed by atoms with Gasteiger partial charge >= 0.3 is 12.0 Å². The van der Waals surface area contributed by atoms with Crippen LogP contribution in [-0.4, -0.2) is 12.0 Å². The molecule has 72 valence electrons.